The third-order valence-corrected chi connectivity index (χ3v) is 3.42. The van der Waals surface area contributed by atoms with Gasteiger partial charge in [0.2, 0.25) is 12.0 Å². The summed E-state index contributed by atoms with van der Waals surface area (Å²) in [6.07, 6.45) is -6.51. The molecule has 1 heterocycles. The van der Waals surface area contributed by atoms with Gasteiger partial charge in [-0.05, 0) is 6.92 Å². The highest BCUT2D eigenvalue weighted by molar-refractivity contribution is 6.18. The van der Waals surface area contributed by atoms with Crippen molar-refractivity contribution >= 4 is 17.6 Å². The maximum Gasteiger partial charge on any atom is 0.342 e. The predicted molar refractivity (Wildman–Crippen MR) is 76.1 cm³/mol. The van der Waals surface area contributed by atoms with Gasteiger partial charge in [-0.2, -0.15) is 5.01 Å². The molecule has 0 unspecified atom stereocenters. The number of hydrogen-bond acceptors (Lipinski definition) is 9. The molecule has 0 spiro atoms. The molecule has 0 aliphatic carbocycles. The van der Waals surface area contributed by atoms with Crippen LogP contribution in [-0.4, -0.2) is 87.4 Å². The fraction of sp³-hybridized carbons (Fsp3) is 0.909. The van der Waals surface area contributed by atoms with Crippen molar-refractivity contribution in [3.05, 3.63) is 4.91 Å². The first-order valence-electron chi connectivity index (χ1n) is 6.81. The van der Waals surface area contributed by atoms with E-state index in [2.05, 4.69) is 5.29 Å². The van der Waals surface area contributed by atoms with Crippen LogP contribution in [0.25, 0.3) is 0 Å². The number of rotatable bonds is 7. The molecule has 0 aromatic carbocycles. The lowest BCUT2D eigenvalue weighted by atomic mass is 9.93. The number of carbonyl (C=O) groups is 1. The van der Waals surface area contributed by atoms with E-state index in [-0.39, 0.29) is 19.0 Å². The van der Waals surface area contributed by atoms with Crippen LogP contribution in [0.15, 0.2) is 5.29 Å². The number of urea groups is 1. The van der Waals surface area contributed by atoms with Crippen molar-refractivity contribution < 1.29 is 34.7 Å². The molecule has 134 valence electrons. The molecular weight excluding hydrogens is 338 g/mol. The van der Waals surface area contributed by atoms with Crippen molar-refractivity contribution in [2.75, 3.05) is 25.6 Å². The third kappa shape index (κ3) is 4.26. The van der Waals surface area contributed by atoms with E-state index >= 15 is 0 Å². The van der Waals surface area contributed by atoms with Crippen molar-refractivity contribution in [2.24, 2.45) is 5.29 Å². The molecule has 1 fully saturated rings. The zero-order valence-corrected chi connectivity index (χ0v) is 13.1. The van der Waals surface area contributed by atoms with E-state index in [9.17, 15) is 25.0 Å². The molecule has 0 saturated carbocycles. The summed E-state index contributed by atoms with van der Waals surface area (Å²) >= 11 is 5.42. The van der Waals surface area contributed by atoms with Crippen LogP contribution in [0, 0.1) is 4.91 Å². The minimum absolute atomic E-state index is 0.0289. The lowest BCUT2D eigenvalue weighted by Crippen LogP contribution is -2.74. The summed E-state index contributed by atoms with van der Waals surface area (Å²) in [6.45, 7) is 0.690. The van der Waals surface area contributed by atoms with E-state index in [1.54, 1.807) is 6.92 Å². The SMILES string of the molecule is CCO[C@@H]1O[C@H](CO)[C@@H](O)[C@H](O)[C@@]1(O)NC(=O)N(CCCl)N=O. The van der Waals surface area contributed by atoms with Gasteiger partial charge in [0.25, 0.3) is 0 Å². The summed E-state index contributed by atoms with van der Waals surface area (Å²) in [5.41, 5.74) is -2.58. The number of nitrogens with one attached hydrogen (secondary N) is 1. The van der Waals surface area contributed by atoms with E-state index in [1.165, 1.54) is 0 Å². The smallest absolute Gasteiger partial charge is 0.342 e. The number of halogens is 1. The Balaban J connectivity index is 3.00. The molecule has 2 amide bonds. The van der Waals surface area contributed by atoms with Crippen LogP contribution >= 0.6 is 11.6 Å². The number of aliphatic hydroxyl groups excluding tert-OH is 3. The van der Waals surface area contributed by atoms with Crippen molar-refractivity contribution in [3.8, 4) is 0 Å². The van der Waals surface area contributed by atoms with E-state index in [0.29, 0.717) is 5.01 Å². The molecule has 5 N–H and O–H groups in total. The van der Waals surface area contributed by atoms with Crippen molar-refractivity contribution in [1.29, 1.82) is 0 Å². The van der Waals surface area contributed by atoms with Gasteiger partial charge in [0, 0.05) is 12.5 Å². The molecule has 12 heteroatoms. The maximum atomic E-state index is 11.9. The lowest BCUT2D eigenvalue weighted by Gasteiger charge is -2.47. The Kier molecular flexibility index (Phi) is 7.54. The Bertz CT molecular complexity index is 417. The number of nitrogens with zero attached hydrogens (tertiary/aromatic N) is 2. The molecule has 0 radical (unpaired) electrons. The molecule has 1 aliphatic rings. The summed E-state index contributed by atoms with van der Waals surface area (Å²) in [4.78, 5) is 22.5. The monoisotopic (exact) mass is 357 g/mol. The highest BCUT2D eigenvalue weighted by atomic mass is 35.5. The Hall–Kier alpha value is -1.08. The van der Waals surface area contributed by atoms with Crippen LogP contribution in [0.4, 0.5) is 4.79 Å². The van der Waals surface area contributed by atoms with E-state index in [0.717, 1.165) is 0 Å². The van der Waals surface area contributed by atoms with Gasteiger partial charge in [0.1, 0.15) is 18.3 Å². The normalized spacial score (nSPS) is 34.0. The topological polar surface area (TPSA) is 161 Å². The quantitative estimate of drug-likeness (QED) is 0.152. The lowest BCUT2D eigenvalue weighted by molar-refractivity contribution is -0.346. The summed E-state index contributed by atoms with van der Waals surface area (Å²) in [6, 6.07) is -1.18. The number of aliphatic hydroxyl groups is 4. The number of nitroso groups, excluding NO2 is 1. The maximum absolute atomic E-state index is 11.9. The zero-order valence-electron chi connectivity index (χ0n) is 12.3. The molecule has 0 aromatic heterocycles. The Morgan fingerprint density at radius 2 is 2.17 bits per heavy atom. The highest BCUT2D eigenvalue weighted by Gasteiger charge is 2.56. The average molecular weight is 358 g/mol. The zero-order chi connectivity index (χ0) is 17.6. The number of alkyl halides is 1. The summed E-state index contributed by atoms with van der Waals surface area (Å²) < 4.78 is 10.2. The predicted octanol–water partition coefficient (Wildman–Crippen LogP) is -1.92. The van der Waals surface area contributed by atoms with Crippen LogP contribution < -0.4 is 5.32 Å². The molecule has 1 aliphatic heterocycles. The first-order valence-corrected chi connectivity index (χ1v) is 7.34. The van der Waals surface area contributed by atoms with Crippen molar-refractivity contribution in [2.45, 2.75) is 37.3 Å². The molecule has 0 bridgehead atoms. The Morgan fingerprint density at radius 3 is 2.65 bits per heavy atom. The van der Waals surface area contributed by atoms with Gasteiger partial charge in [-0.3, -0.25) is 0 Å². The van der Waals surface area contributed by atoms with E-state index in [1.807, 2.05) is 5.32 Å². The van der Waals surface area contributed by atoms with E-state index < -0.39 is 43.0 Å². The van der Waals surface area contributed by atoms with Crippen molar-refractivity contribution in [1.82, 2.24) is 10.3 Å². The molecule has 1 rings (SSSR count). The third-order valence-electron chi connectivity index (χ3n) is 3.25. The van der Waals surface area contributed by atoms with Crippen LogP contribution in [0.1, 0.15) is 6.92 Å². The summed E-state index contributed by atoms with van der Waals surface area (Å²) in [7, 11) is 0. The molecule has 5 atom stereocenters. The number of ether oxygens (including phenoxy) is 2. The summed E-state index contributed by atoms with van der Waals surface area (Å²) in [5, 5.41) is 44.3. The first kappa shape index (κ1) is 20.0. The first-order chi connectivity index (χ1) is 10.8. The molecule has 23 heavy (non-hydrogen) atoms. The van der Waals surface area contributed by atoms with Crippen LogP contribution in [0.5, 0.6) is 0 Å². The molecular formula is C11H20ClN3O8. The molecule has 11 nitrogen and oxygen atoms in total. The van der Waals surface area contributed by atoms with Gasteiger partial charge in [0.05, 0.1) is 18.4 Å². The standard InChI is InChI=1S/C11H20ClN3O8/c1-2-22-9-11(20,8(18)7(17)6(5-16)23-9)13-10(19)15(14-21)4-3-12/h6-9,16-18,20H,2-5H2,1H3,(H,13,19)/t6-,7-,8+,9-,11+/m1/s1. The molecule has 1 saturated heterocycles. The number of amides is 2. The van der Waals surface area contributed by atoms with E-state index in [4.69, 9.17) is 26.2 Å². The number of carbonyl (C=O) groups excluding carboxylic acids is 1. The van der Waals surface area contributed by atoms with Crippen LogP contribution in [0.3, 0.4) is 0 Å². The molecule has 0 aromatic rings. The fourth-order valence-electron chi connectivity index (χ4n) is 2.04. The fourth-order valence-corrected chi connectivity index (χ4v) is 2.20. The van der Waals surface area contributed by atoms with Gasteiger partial charge in [-0.25, -0.2) is 4.79 Å². The van der Waals surface area contributed by atoms with Gasteiger partial charge in [0.15, 0.2) is 0 Å². The Morgan fingerprint density at radius 1 is 1.52 bits per heavy atom. The summed E-state index contributed by atoms with van der Waals surface area (Å²) in [5.74, 6) is -0.0965. The largest absolute Gasteiger partial charge is 0.394 e. The Labute approximate surface area is 136 Å². The van der Waals surface area contributed by atoms with Gasteiger partial charge >= 0.3 is 6.03 Å². The van der Waals surface area contributed by atoms with Gasteiger partial charge in [-0.15, -0.1) is 16.5 Å². The minimum atomic E-state index is -2.58. The van der Waals surface area contributed by atoms with Crippen LogP contribution in [0.2, 0.25) is 0 Å². The minimum Gasteiger partial charge on any atom is -0.394 e. The second-order valence-corrected chi connectivity index (χ2v) is 5.11. The highest BCUT2D eigenvalue weighted by Crippen LogP contribution is 2.29. The second-order valence-electron chi connectivity index (χ2n) is 4.73. The van der Waals surface area contributed by atoms with Gasteiger partial charge in [-0.1, -0.05) is 0 Å². The van der Waals surface area contributed by atoms with Crippen LogP contribution in [-0.2, 0) is 9.47 Å². The second kappa shape index (κ2) is 8.68. The average Bonchev–Trinajstić information content (AvgIpc) is 2.53. The van der Waals surface area contributed by atoms with Gasteiger partial charge < -0.3 is 35.2 Å². The van der Waals surface area contributed by atoms with Crippen molar-refractivity contribution in [3.63, 3.8) is 0 Å². The number of hydrogen-bond donors (Lipinski definition) is 5.